The fourth-order valence-electron chi connectivity index (χ4n) is 3.59. The second-order valence-electron chi connectivity index (χ2n) is 7.10. The largest absolute Gasteiger partial charge is 0.370 e. The number of hydrogen-bond donors (Lipinski definition) is 2. The summed E-state index contributed by atoms with van der Waals surface area (Å²) in [6, 6.07) is 9.81. The number of morpholine rings is 1. The van der Waals surface area contributed by atoms with E-state index in [1.807, 2.05) is 30.3 Å². The molecule has 2 fully saturated rings. The Kier molecular flexibility index (Phi) is 6.81. The molecule has 0 aromatic heterocycles. The molecule has 7 heteroatoms. The van der Waals surface area contributed by atoms with Crippen molar-refractivity contribution in [2.24, 2.45) is 0 Å². The lowest BCUT2D eigenvalue weighted by molar-refractivity contribution is -0.143. The summed E-state index contributed by atoms with van der Waals surface area (Å²) in [5.74, 6) is -1.61. The van der Waals surface area contributed by atoms with E-state index in [2.05, 4.69) is 10.6 Å². The van der Waals surface area contributed by atoms with Crippen molar-refractivity contribution >= 4 is 17.7 Å². The van der Waals surface area contributed by atoms with E-state index in [0.717, 1.165) is 31.2 Å². The standard InChI is InChI=1S/C20H27N3O4/c24-18(13-21-19(25)20(26)22-16-9-5-2-6-10-16)23-11-12-27-17(14-23)15-7-3-1-4-8-15/h1,3-4,7-8,16-17H,2,5-6,9-14H2,(H,21,25)(H,22,26). The number of rotatable bonds is 4. The maximum Gasteiger partial charge on any atom is 0.309 e. The summed E-state index contributed by atoms with van der Waals surface area (Å²) < 4.78 is 5.75. The Bertz CT molecular complexity index is 658. The van der Waals surface area contributed by atoms with Crippen LogP contribution in [0.2, 0.25) is 0 Å². The minimum absolute atomic E-state index is 0.0681. The minimum atomic E-state index is -0.748. The summed E-state index contributed by atoms with van der Waals surface area (Å²) in [5, 5.41) is 5.20. The zero-order valence-electron chi connectivity index (χ0n) is 15.5. The number of carbonyl (C=O) groups is 3. The van der Waals surface area contributed by atoms with Gasteiger partial charge < -0.3 is 20.3 Å². The van der Waals surface area contributed by atoms with Gasteiger partial charge in [-0.15, -0.1) is 0 Å². The monoisotopic (exact) mass is 373 g/mol. The molecule has 1 unspecified atom stereocenters. The molecule has 1 saturated carbocycles. The van der Waals surface area contributed by atoms with Crippen LogP contribution in [0.3, 0.4) is 0 Å². The maximum atomic E-state index is 12.4. The van der Waals surface area contributed by atoms with E-state index in [9.17, 15) is 14.4 Å². The number of nitrogens with zero attached hydrogens (tertiary/aromatic N) is 1. The summed E-state index contributed by atoms with van der Waals surface area (Å²) in [5.41, 5.74) is 1.02. The summed E-state index contributed by atoms with van der Waals surface area (Å²) in [6.07, 6.45) is 4.97. The van der Waals surface area contributed by atoms with Crippen LogP contribution < -0.4 is 10.6 Å². The van der Waals surface area contributed by atoms with Crippen molar-refractivity contribution in [2.75, 3.05) is 26.2 Å². The SMILES string of the molecule is O=C(NCC(=O)N1CCOC(c2ccccc2)C1)C(=O)NC1CCCCC1. The topological polar surface area (TPSA) is 87.7 Å². The first-order valence-electron chi connectivity index (χ1n) is 9.66. The predicted molar refractivity (Wildman–Crippen MR) is 99.7 cm³/mol. The van der Waals surface area contributed by atoms with Gasteiger partial charge in [-0.05, 0) is 18.4 Å². The third-order valence-corrected chi connectivity index (χ3v) is 5.14. The Morgan fingerprint density at radius 3 is 2.52 bits per heavy atom. The molecule has 3 amide bonds. The van der Waals surface area contributed by atoms with Gasteiger partial charge in [0.05, 0.1) is 19.7 Å². The van der Waals surface area contributed by atoms with Gasteiger partial charge in [0.1, 0.15) is 6.10 Å². The van der Waals surface area contributed by atoms with E-state index in [1.54, 1.807) is 4.90 Å². The van der Waals surface area contributed by atoms with Crippen LogP contribution in [0.1, 0.15) is 43.8 Å². The smallest absolute Gasteiger partial charge is 0.309 e. The normalized spacial score (nSPS) is 20.7. The van der Waals surface area contributed by atoms with Crippen molar-refractivity contribution in [3.63, 3.8) is 0 Å². The van der Waals surface area contributed by atoms with Crippen molar-refractivity contribution in [3.8, 4) is 0 Å². The van der Waals surface area contributed by atoms with Crippen molar-refractivity contribution in [1.29, 1.82) is 0 Å². The molecule has 1 aromatic carbocycles. The Morgan fingerprint density at radius 2 is 1.78 bits per heavy atom. The molecular weight excluding hydrogens is 346 g/mol. The highest BCUT2D eigenvalue weighted by molar-refractivity contribution is 6.35. The number of amides is 3. The Hall–Kier alpha value is -2.41. The Labute approximate surface area is 159 Å². The van der Waals surface area contributed by atoms with Gasteiger partial charge in [-0.25, -0.2) is 0 Å². The zero-order chi connectivity index (χ0) is 19.1. The van der Waals surface area contributed by atoms with Crippen LogP contribution in [-0.4, -0.2) is 54.9 Å². The highest BCUT2D eigenvalue weighted by atomic mass is 16.5. The molecule has 7 nitrogen and oxygen atoms in total. The van der Waals surface area contributed by atoms with E-state index in [1.165, 1.54) is 6.42 Å². The quantitative estimate of drug-likeness (QED) is 0.775. The molecular formula is C20H27N3O4. The Balaban J connectivity index is 1.44. The summed E-state index contributed by atoms with van der Waals surface area (Å²) in [4.78, 5) is 38.0. The number of hydrogen-bond acceptors (Lipinski definition) is 4. The van der Waals surface area contributed by atoms with E-state index < -0.39 is 11.8 Å². The van der Waals surface area contributed by atoms with E-state index in [-0.39, 0.29) is 24.6 Å². The molecule has 27 heavy (non-hydrogen) atoms. The molecule has 1 atom stereocenters. The van der Waals surface area contributed by atoms with Gasteiger partial charge >= 0.3 is 11.8 Å². The highest BCUT2D eigenvalue weighted by Crippen LogP contribution is 2.21. The van der Waals surface area contributed by atoms with Crippen LogP contribution in [0.4, 0.5) is 0 Å². The van der Waals surface area contributed by atoms with E-state index >= 15 is 0 Å². The van der Waals surface area contributed by atoms with Crippen molar-refractivity contribution in [3.05, 3.63) is 35.9 Å². The molecule has 1 aliphatic carbocycles. The first kappa shape index (κ1) is 19.4. The third kappa shape index (κ3) is 5.53. The predicted octanol–water partition coefficient (Wildman–Crippen LogP) is 1.15. The molecule has 146 valence electrons. The van der Waals surface area contributed by atoms with Crippen LogP contribution in [-0.2, 0) is 19.1 Å². The molecule has 0 bridgehead atoms. The molecule has 1 heterocycles. The highest BCUT2D eigenvalue weighted by Gasteiger charge is 2.26. The minimum Gasteiger partial charge on any atom is -0.370 e. The molecule has 0 radical (unpaired) electrons. The fraction of sp³-hybridized carbons (Fsp3) is 0.550. The van der Waals surface area contributed by atoms with Crippen LogP contribution in [0.5, 0.6) is 0 Å². The Morgan fingerprint density at radius 1 is 1.04 bits per heavy atom. The van der Waals surface area contributed by atoms with Gasteiger partial charge in [-0.2, -0.15) is 0 Å². The molecule has 1 aromatic rings. The summed E-state index contributed by atoms with van der Waals surface area (Å²) in [6.45, 7) is 1.18. The van der Waals surface area contributed by atoms with Crippen molar-refractivity contribution < 1.29 is 19.1 Å². The molecule has 0 spiro atoms. The molecule has 2 N–H and O–H groups in total. The van der Waals surface area contributed by atoms with Crippen LogP contribution >= 0.6 is 0 Å². The zero-order valence-corrected chi connectivity index (χ0v) is 15.5. The lowest BCUT2D eigenvalue weighted by Gasteiger charge is -2.33. The number of ether oxygens (including phenoxy) is 1. The lowest BCUT2D eigenvalue weighted by Crippen LogP contribution is -2.50. The van der Waals surface area contributed by atoms with Crippen LogP contribution in [0.25, 0.3) is 0 Å². The van der Waals surface area contributed by atoms with Gasteiger partial charge in [0.25, 0.3) is 0 Å². The molecule has 1 aliphatic heterocycles. The van der Waals surface area contributed by atoms with Gasteiger partial charge in [0.2, 0.25) is 5.91 Å². The lowest BCUT2D eigenvalue weighted by atomic mass is 9.95. The van der Waals surface area contributed by atoms with Crippen molar-refractivity contribution in [1.82, 2.24) is 15.5 Å². The average molecular weight is 373 g/mol. The fourth-order valence-corrected chi connectivity index (χ4v) is 3.59. The van der Waals surface area contributed by atoms with Gasteiger partial charge in [0, 0.05) is 12.6 Å². The first-order chi connectivity index (χ1) is 13.1. The van der Waals surface area contributed by atoms with Gasteiger partial charge in [-0.1, -0.05) is 49.6 Å². The first-order valence-corrected chi connectivity index (χ1v) is 9.66. The summed E-state index contributed by atoms with van der Waals surface area (Å²) in [7, 11) is 0. The van der Waals surface area contributed by atoms with Gasteiger partial charge in [-0.3, -0.25) is 14.4 Å². The molecule has 2 aliphatic rings. The second-order valence-corrected chi connectivity index (χ2v) is 7.10. The van der Waals surface area contributed by atoms with Crippen molar-refractivity contribution in [2.45, 2.75) is 44.2 Å². The van der Waals surface area contributed by atoms with Crippen LogP contribution in [0, 0.1) is 0 Å². The molecule has 3 rings (SSSR count). The van der Waals surface area contributed by atoms with Gasteiger partial charge in [0.15, 0.2) is 0 Å². The molecule has 1 saturated heterocycles. The second kappa shape index (κ2) is 9.50. The number of carbonyl (C=O) groups excluding carboxylic acids is 3. The third-order valence-electron chi connectivity index (χ3n) is 5.14. The van der Waals surface area contributed by atoms with Crippen LogP contribution in [0.15, 0.2) is 30.3 Å². The average Bonchev–Trinajstić information content (AvgIpc) is 2.73. The van der Waals surface area contributed by atoms with E-state index in [4.69, 9.17) is 4.74 Å². The number of nitrogens with one attached hydrogen (secondary N) is 2. The van der Waals surface area contributed by atoms with E-state index in [0.29, 0.717) is 19.7 Å². The maximum absolute atomic E-state index is 12.4. The summed E-state index contributed by atoms with van der Waals surface area (Å²) >= 11 is 0. The number of benzene rings is 1.